The highest BCUT2D eigenvalue weighted by molar-refractivity contribution is 14.0. The summed E-state index contributed by atoms with van der Waals surface area (Å²) in [5.41, 5.74) is 8.98. The summed E-state index contributed by atoms with van der Waals surface area (Å²) in [6.45, 7) is 4.37. The van der Waals surface area contributed by atoms with E-state index in [2.05, 4.69) is 10.3 Å². The Morgan fingerprint density at radius 3 is 2.37 bits per heavy atom. The number of benzene rings is 2. The van der Waals surface area contributed by atoms with E-state index in [1.807, 2.05) is 32.0 Å². The Bertz CT molecular complexity index is 902. The normalized spacial score (nSPS) is 12.0. The summed E-state index contributed by atoms with van der Waals surface area (Å²) < 4.78 is 38.9. The first-order valence-corrected chi connectivity index (χ1v) is 9.50. The number of guanidine groups is 1. The number of hydrogen-bond donors (Lipinski definition) is 2. The van der Waals surface area contributed by atoms with Gasteiger partial charge in [0.05, 0.1) is 11.4 Å². The van der Waals surface area contributed by atoms with Gasteiger partial charge in [-0.1, -0.05) is 6.07 Å². The van der Waals surface area contributed by atoms with Crippen molar-refractivity contribution in [2.75, 3.05) is 25.5 Å². The summed E-state index contributed by atoms with van der Waals surface area (Å²) in [5.74, 6) is -0.276. The van der Waals surface area contributed by atoms with E-state index in [1.165, 1.54) is 24.7 Å². The summed E-state index contributed by atoms with van der Waals surface area (Å²) in [5, 5.41) is 2.98. The topological polar surface area (TPSA) is 87.8 Å². The average molecular weight is 506 g/mol. The first-order chi connectivity index (χ1) is 12.2. The van der Waals surface area contributed by atoms with Crippen molar-refractivity contribution >= 4 is 45.6 Å². The largest absolute Gasteiger partial charge is 0.370 e. The van der Waals surface area contributed by atoms with Crippen molar-refractivity contribution in [1.29, 1.82) is 0 Å². The smallest absolute Gasteiger partial charge is 0.242 e. The zero-order valence-electron chi connectivity index (χ0n) is 15.4. The maximum atomic E-state index is 12.9. The molecule has 6 nitrogen and oxygen atoms in total. The van der Waals surface area contributed by atoms with Crippen LogP contribution in [0.25, 0.3) is 0 Å². The van der Waals surface area contributed by atoms with Gasteiger partial charge in [-0.25, -0.2) is 12.8 Å². The van der Waals surface area contributed by atoms with E-state index in [4.69, 9.17) is 5.73 Å². The molecule has 148 valence electrons. The van der Waals surface area contributed by atoms with Gasteiger partial charge in [0.1, 0.15) is 5.82 Å². The highest BCUT2D eigenvalue weighted by Crippen LogP contribution is 2.15. The van der Waals surface area contributed by atoms with E-state index in [-0.39, 0.29) is 47.9 Å². The third-order valence-corrected chi connectivity index (χ3v) is 5.87. The van der Waals surface area contributed by atoms with Gasteiger partial charge < -0.3 is 11.1 Å². The second-order valence-electron chi connectivity index (χ2n) is 5.97. The fraction of sp³-hybridized carbons (Fsp3) is 0.278. The number of halogens is 2. The van der Waals surface area contributed by atoms with Crippen molar-refractivity contribution in [3.05, 3.63) is 59.4 Å². The standard InChI is InChI=1S/C18H23FN4O2S.HI/c1-13-4-7-16(12-14(13)2)22-18(20)21-10-11-23(3)26(24,25)17-8-5-15(19)6-9-17;/h4-9,12H,10-11H2,1-3H3,(H3,20,21,22);1H. The van der Waals surface area contributed by atoms with Gasteiger partial charge >= 0.3 is 0 Å². The van der Waals surface area contributed by atoms with Crippen LogP contribution in [0.4, 0.5) is 10.1 Å². The van der Waals surface area contributed by atoms with E-state index in [9.17, 15) is 12.8 Å². The lowest BCUT2D eigenvalue weighted by Gasteiger charge is -2.16. The molecule has 9 heteroatoms. The SMILES string of the molecule is Cc1ccc(NC(N)=NCCN(C)S(=O)(=O)c2ccc(F)cc2)cc1C.I. The molecule has 2 aromatic carbocycles. The lowest BCUT2D eigenvalue weighted by Crippen LogP contribution is -2.30. The molecular weight excluding hydrogens is 482 g/mol. The Labute approximate surface area is 176 Å². The van der Waals surface area contributed by atoms with E-state index in [0.717, 1.165) is 27.7 Å². The highest BCUT2D eigenvalue weighted by atomic mass is 127. The lowest BCUT2D eigenvalue weighted by atomic mass is 10.1. The number of anilines is 1. The maximum Gasteiger partial charge on any atom is 0.242 e. The van der Waals surface area contributed by atoms with Gasteiger partial charge in [0, 0.05) is 19.3 Å². The van der Waals surface area contributed by atoms with Gasteiger partial charge in [-0.3, -0.25) is 4.99 Å². The van der Waals surface area contributed by atoms with E-state index in [1.54, 1.807) is 0 Å². The molecule has 27 heavy (non-hydrogen) atoms. The number of rotatable bonds is 6. The Kier molecular flexibility index (Phi) is 8.63. The zero-order valence-corrected chi connectivity index (χ0v) is 18.6. The first-order valence-electron chi connectivity index (χ1n) is 8.06. The van der Waals surface area contributed by atoms with Crippen molar-refractivity contribution < 1.29 is 12.8 Å². The summed E-state index contributed by atoms with van der Waals surface area (Å²) in [4.78, 5) is 4.18. The van der Waals surface area contributed by atoms with E-state index < -0.39 is 15.8 Å². The van der Waals surface area contributed by atoms with Crippen molar-refractivity contribution in [2.24, 2.45) is 10.7 Å². The second kappa shape index (κ2) is 10.00. The molecule has 0 amide bonds. The Balaban J connectivity index is 0.00000364. The molecule has 0 heterocycles. The first kappa shape index (κ1) is 23.3. The molecule has 0 atom stereocenters. The Morgan fingerprint density at radius 1 is 1.15 bits per heavy atom. The van der Waals surface area contributed by atoms with Crippen LogP contribution < -0.4 is 11.1 Å². The number of hydrogen-bond acceptors (Lipinski definition) is 3. The number of nitrogens with zero attached hydrogens (tertiary/aromatic N) is 2. The number of nitrogens with two attached hydrogens (primary N) is 1. The lowest BCUT2D eigenvalue weighted by molar-refractivity contribution is 0.477. The number of aryl methyl sites for hydroxylation is 2. The fourth-order valence-corrected chi connectivity index (χ4v) is 3.39. The molecular formula is C18H24FIN4O2S. The summed E-state index contributed by atoms with van der Waals surface area (Å²) in [6.07, 6.45) is 0. The van der Waals surface area contributed by atoms with Crippen molar-refractivity contribution in [3.63, 3.8) is 0 Å². The molecule has 0 aromatic heterocycles. The van der Waals surface area contributed by atoms with Crippen LogP contribution in [0.1, 0.15) is 11.1 Å². The number of nitrogens with one attached hydrogen (secondary N) is 1. The predicted molar refractivity (Wildman–Crippen MR) is 118 cm³/mol. The van der Waals surface area contributed by atoms with Crippen molar-refractivity contribution in [2.45, 2.75) is 18.7 Å². The van der Waals surface area contributed by atoms with Gasteiger partial charge in [-0.2, -0.15) is 4.31 Å². The number of likely N-dealkylation sites (N-methyl/N-ethyl adjacent to an activating group) is 1. The molecule has 0 aliphatic carbocycles. The number of aliphatic imine (C=N–C) groups is 1. The van der Waals surface area contributed by atoms with Crippen molar-refractivity contribution in [1.82, 2.24) is 4.31 Å². The minimum Gasteiger partial charge on any atom is -0.370 e. The Morgan fingerprint density at radius 2 is 1.78 bits per heavy atom. The number of sulfonamides is 1. The Hall–Kier alpha value is -1.72. The average Bonchev–Trinajstić information content (AvgIpc) is 2.58. The van der Waals surface area contributed by atoms with Crippen LogP contribution in [0.5, 0.6) is 0 Å². The van der Waals surface area contributed by atoms with E-state index >= 15 is 0 Å². The van der Waals surface area contributed by atoms with Crippen LogP contribution in [0.2, 0.25) is 0 Å². The highest BCUT2D eigenvalue weighted by Gasteiger charge is 2.20. The molecule has 0 unspecified atom stereocenters. The van der Waals surface area contributed by atoms with Crippen LogP contribution in [0, 0.1) is 19.7 Å². The summed E-state index contributed by atoms with van der Waals surface area (Å²) in [7, 11) is -2.24. The van der Waals surface area contributed by atoms with Crippen LogP contribution in [-0.2, 0) is 10.0 Å². The second-order valence-corrected chi connectivity index (χ2v) is 8.02. The molecule has 0 aliphatic rings. The predicted octanol–water partition coefficient (Wildman–Crippen LogP) is 3.11. The van der Waals surface area contributed by atoms with Crippen molar-refractivity contribution in [3.8, 4) is 0 Å². The maximum absolute atomic E-state index is 12.9. The van der Waals surface area contributed by atoms with Gasteiger partial charge in [0.25, 0.3) is 0 Å². The van der Waals surface area contributed by atoms with Gasteiger partial charge in [0.2, 0.25) is 10.0 Å². The molecule has 0 fully saturated rings. The zero-order chi connectivity index (χ0) is 19.3. The molecule has 2 rings (SSSR count). The molecule has 3 N–H and O–H groups in total. The molecule has 2 aromatic rings. The summed E-state index contributed by atoms with van der Waals surface area (Å²) in [6, 6.07) is 10.5. The van der Waals surface area contributed by atoms with Gasteiger partial charge in [-0.15, -0.1) is 24.0 Å². The van der Waals surface area contributed by atoms with Crippen LogP contribution in [-0.4, -0.2) is 38.8 Å². The third-order valence-electron chi connectivity index (χ3n) is 4.00. The molecule has 0 aliphatic heterocycles. The quantitative estimate of drug-likeness (QED) is 0.358. The minimum absolute atomic E-state index is 0. The minimum atomic E-state index is -3.69. The third kappa shape index (κ3) is 6.43. The van der Waals surface area contributed by atoms with Crippen LogP contribution in [0.15, 0.2) is 52.4 Å². The monoisotopic (exact) mass is 506 g/mol. The van der Waals surface area contributed by atoms with E-state index in [0.29, 0.717) is 0 Å². The molecule has 0 saturated carbocycles. The molecule has 0 bridgehead atoms. The van der Waals surface area contributed by atoms with Gasteiger partial charge in [0.15, 0.2) is 5.96 Å². The van der Waals surface area contributed by atoms with Crippen LogP contribution in [0.3, 0.4) is 0 Å². The fourth-order valence-electron chi connectivity index (χ4n) is 2.22. The molecule has 0 radical (unpaired) electrons. The summed E-state index contributed by atoms with van der Waals surface area (Å²) >= 11 is 0. The van der Waals surface area contributed by atoms with Gasteiger partial charge in [-0.05, 0) is 61.4 Å². The van der Waals surface area contributed by atoms with Crippen LogP contribution >= 0.6 is 24.0 Å². The molecule has 0 spiro atoms. The molecule has 0 saturated heterocycles.